The van der Waals surface area contributed by atoms with Crippen LogP contribution in [-0.4, -0.2) is 46.9 Å². The molecular weight excluding hydrogens is 827 g/mol. The van der Waals surface area contributed by atoms with Crippen LogP contribution in [0.1, 0.15) is 342 Å². The Morgan fingerprint density at radius 1 is 0.418 bits per heavy atom. The molecule has 0 aliphatic heterocycles. The Labute approximate surface area is 419 Å². The van der Waals surface area contributed by atoms with Gasteiger partial charge in [0.2, 0.25) is 5.91 Å². The summed E-state index contributed by atoms with van der Waals surface area (Å²) in [6.45, 7) is 6.53. The number of hydrogen-bond acceptors (Lipinski definition) is 5. The lowest BCUT2D eigenvalue weighted by atomic mass is 10.0. The number of rotatable bonds is 56. The lowest BCUT2D eigenvalue weighted by Gasteiger charge is -2.24. The molecule has 0 saturated carbocycles. The number of carbonyl (C=O) groups is 2. The van der Waals surface area contributed by atoms with Gasteiger partial charge in [-0.3, -0.25) is 9.59 Å². The van der Waals surface area contributed by atoms with Gasteiger partial charge in [-0.15, -0.1) is 0 Å². The van der Waals surface area contributed by atoms with Gasteiger partial charge in [0.05, 0.1) is 25.2 Å². The summed E-state index contributed by atoms with van der Waals surface area (Å²) in [5, 5.41) is 23.9. The van der Waals surface area contributed by atoms with Crippen LogP contribution in [0.4, 0.5) is 0 Å². The van der Waals surface area contributed by atoms with Gasteiger partial charge in [0, 0.05) is 6.42 Å². The Morgan fingerprint density at radius 2 is 0.716 bits per heavy atom. The molecule has 3 atom stereocenters. The highest BCUT2D eigenvalue weighted by molar-refractivity contribution is 5.77. The molecule has 3 unspecified atom stereocenters. The molecule has 0 heterocycles. The van der Waals surface area contributed by atoms with Crippen LogP contribution in [0.15, 0.2) is 12.2 Å². The summed E-state index contributed by atoms with van der Waals surface area (Å²) >= 11 is 0. The van der Waals surface area contributed by atoms with Crippen LogP contribution >= 0.6 is 0 Å². The van der Waals surface area contributed by atoms with Crippen molar-refractivity contribution in [2.75, 3.05) is 6.61 Å². The van der Waals surface area contributed by atoms with Gasteiger partial charge in [0.25, 0.3) is 0 Å². The van der Waals surface area contributed by atoms with E-state index in [1.54, 1.807) is 0 Å². The van der Waals surface area contributed by atoms with Crippen LogP contribution in [0, 0.1) is 0 Å². The lowest BCUT2D eigenvalue weighted by Crippen LogP contribution is -2.46. The standard InChI is InChI=1S/C61H119NO5/c1-4-7-10-13-16-19-22-25-28-30-31-33-36-39-42-45-48-51-54-61(66)67-57(52-49-46-43-40-37-34-32-29-26-23-20-17-14-11-8-5-2)55-60(65)62-58(56-63)59(64)53-50-47-44-41-38-35-27-24-21-18-15-12-9-6-3/h34,37,57-59,63-64H,4-33,35-36,38-56H2,1-3H3,(H,62,65)/b37-34+. The first kappa shape index (κ1) is 65.6. The van der Waals surface area contributed by atoms with Crippen molar-refractivity contribution in [3.05, 3.63) is 12.2 Å². The van der Waals surface area contributed by atoms with E-state index in [0.29, 0.717) is 19.3 Å². The van der Waals surface area contributed by atoms with Crippen molar-refractivity contribution < 1.29 is 24.5 Å². The first-order valence-corrected chi connectivity index (χ1v) is 30.4. The van der Waals surface area contributed by atoms with E-state index in [-0.39, 0.29) is 24.9 Å². The number of aliphatic hydroxyl groups excluding tert-OH is 2. The zero-order chi connectivity index (χ0) is 48.8. The fraction of sp³-hybridized carbons (Fsp3) is 0.934. The minimum absolute atomic E-state index is 0.0750. The molecule has 0 aromatic carbocycles. The number of carbonyl (C=O) groups excluding carboxylic acids is 2. The van der Waals surface area contributed by atoms with E-state index < -0.39 is 18.2 Å². The SMILES string of the molecule is CCCCCCCCCCC/C=C/CCCCCC(CC(=O)NC(CO)C(O)CCCCCCCCCCCCCCCC)OC(=O)CCCCCCCCCCCCCCCCCCCC. The van der Waals surface area contributed by atoms with Crippen molar-refractivity contribution in [1.29, 1.82) is 0 Å². The van der Waals surface area contributed by atoms with Crippen LogP contribution in [-0.2, 0) is 14.3 Å². The summed E-state index contributed by atoms with van der Waals surface area (Å²) < 4.78 is 5.97. The summed E-state index contributed by atoms with van der Waals surface area (Å²) in [5.41, 5.74) is 0. The number of hydrogen-bond donors (Lipinski definition) is 3. The molecule has 0 bridgehead atoms. The fourth-order valence-corrected chi connectivity index (χ4v) is 9.72. The molecule has 0 aliphatic rings. The fourth-order valence-electron chi connectivity index (χ4n) is 9.72. The molecule has 0 rings (SSSR count). The summed E-state index contributed by atoms with van der Waals surface area (Å²) in [6.07, 6.45) is 64.3. The van der Waals surface area contributed by atoms with Crippen LogP contribution in [0.2, 0.25) is 0 Å². The minimum atomic E-state index is -0.787. The van der Waals surface area contributed by atoms with E-state index in [4.69, 9.17) is 4.74 Å². The number of esters is 1. The smallest absolute Gasteiger partial charge is 0.306 e. The summed E-state index contributed by atoms with van der Waals surface area (Å²) in [4.78, 5) is 26.3. The van der Waals surface area contributed by atoms with Crippen LogP contribution in [0.3, 0.4) is 0 Å². The molecule has 0 radical (unpaired) electrons. The largest absolute Gasteiger partial charge is 0.462 e. The normalized spacial score (nSPS) is 13.1. The molecule has 67 heavy (non-hydrogen) atoms. The Balaban J connectivity index is 4.51. The second-order valence-corrected chi connectivity index (χ2v) is 21.1. The monoisotopic (exact) mass is 946 g/mol. The van der Waals surface area contributed by atoms with Gasteiger partial charge >= 0.3 is 5.97 Å². The highest BCUT2D eigenvalue weighted by Gasteiger charge is 2.24. The van der Waals surface area contributed by atoms with Gasteiger partial charge in [-0.05, 0) is 51.4 Å². The molecule has 3 N–H and O–H groups in total. The molecule has 0 aromatic heterocycles. The summed E-state index contributed by atoms with van der Waals surface area (Å²) in [7, 11) is 0. The van der Waals surface area contributed by atoms with Crippen molar-refractivity contribution >= 4 is 11.9 Å². The lowest BCUT2D eigenvalue weighted by molar-refractivity contribution is -0.151. The molecule has 0 aromatic rings. The van der Waals surface area contributed by atoms with E-state index in [1.165, 1.54) is 238 Å². The first-order valence-electron chi connectivity index (χ1n) is 30.4. The van der Waals surface area contributed by atoms with Gasteiger partial charge in [-0.25, -0.2) is 0 Å². The Kier molecular flexibility index (Phi) is 54.4. The second-order valence-electron chi connectivity index (χ2n) is 21.1. The van der Waals surface area contributed by atoms with E-state index in [2.05, 4.69) is 38.2 Å². The zero-order valence-electron chi connectivity index (χ0n) is 45.6. The molecule has 0 fully saturated rings. The van der Waals surface area contributed by atoms with Crippen molar-refractivity contribution in [3.8, 4) is 0 Å². The molecular formula is C61H119NO5. The number of allylic oxidation sites excluding steroid dienone is 2. The molecule has 0 aliphatic carbocycles. The second kappa shape index (κ2) is 55.5. The van der Waals surface area contributed by atoms with Gasteiger partial charge in [-0.2, -0.15) is 0 Å². The van der Waals surface area contributed by atoms with Crippen molar-refractivity contribution in [1.82, 2.24) is 5.32 Å². The predicted molar refractivity (Wildman–Crippen MR) is 292 cm³/mol. The van der Waals surface area contributed by atoms with Crippen LogP contribution in [0.25, 0.3) is 0 Å². The van der Waals surface area contributed by atoms with Crippen LogP contribution in [0.5, 0.6) is 0 Å². The number of aliphatic hydroxyl groups is 2. The third kappa shape index (κ3) is 50.8. The molecule has 0 spiro atoms. The van der Waals surface area contributed by atoms with E-state index >= 15 is 0 Å². The van der Waals surface area contributed by atoms with Gasteiger partial charge in [-0.1, -0.05) is 290 Å². The zero-order valence-corrected chi connectivity index (χ0v) is 45.6. The average molecular weight is 947 g/mol. The molecule has 6 nitrogen and oxygen atoms in total. The van der Waals surface area contributed by atoms with E-state index in [0.717, 1.165) is 57.8 Å². The number of unbranched alkanes of at least 4 members (excludes halogenated alkanes) is 42. The topological polar surface area (TPSA) is 95.9 Å². The molecule has 398 valence electrons. The molecule has 0 saturated heterocycles. The molecule has 6 heteroatoms. The maximum absolute atomic E-state index is 13.3. The number of nitrogens with one attached hydrogen (secondary N) is 1. The summed E-state index contributed by atoms with van der Waals surface area (Å²) in [5.74, 6) is -0.463. The molecule has 1 amide bonds. The Hall–Kier alpha value is -1.40. The van der Waals surface area contributed by atoms with Gasteiger partial charge in [0.1, 0.15) is 6.10 Å². The quantitative estimate of drug-likeness (QED) is 0.0321. The third-order valence-corrected chi connectivity index (χ3v) is 14.3. The van der Waals surface area contributed by atoms with E-state index in [1.807, 2.05) is 0 Å². The summed E-state index contributed by atoms with van der Waals surface area (Å²) in [6, 6.07) is -0.701. The minimum Gasteiger partial charge on any atom is -0.462 e. The Morgan fingerprint density at radius 3 is 1.07 bits per heavy atom. The highest BCUT2D eigenvalue weighted by Crippen LogP contribution is 2.19. The Bertz CT molecular complexity index is 1020. The highest BCUT2D eigenvalue weighted by atomic mass is 16.5. The van der Waals surface area contributed by atoms with Crippen molar-refractivity contribution in [2.24, 2.45) is 0 Å². The van der Waals surface area contributed by atoms with E-state index in [9.17, 15) is 19.8 Å². The van der Waals surface area contributed by atoms with Gasteiger partial charge < -0.3 is 20.3 Å². The van der Waals surface area contributed by atoms with Gasteiger partial charge in [0.15, 0.2) is 0 Å². The number of amides is 1. The van der Waals surface area contributed by atoms with Crippen molar-refractivity contribution in [2.45, 2.75) is 360 Å². The maximum atomic E-state index is 13.3. The number of ether oxygens (including phenoxy) is 1. The first-order chi connectivity index (χ1) is 33.0. The maximum Gasteiger partial charge on any atom is 0.306 e. The predicted octanol–water partition coefficient (Wildman–Crippen LogP) is 18.9. The van der Waals surface area contributed by atoms with Crippen molar-refractivity contribution in [3.63, 3.8) is 0 Å². The van der Waals surface area contributed by atoms with Crippen LogP contribution < -0.4 is 5.32 Å². The average Bonchev–Trinajstić information content (AvgIpc) is 3.32. The third-order valence-electron chi connectivity index (χ3n) is 14.3.